The number of alkyl halides is 3. The van der Waals surface area contributed by atoms with Crippen LogP contribution in [0.1, 0.15) is 11.4 Å². The molecular formula is C14H17F3IN5. The van der Waals surface area contributed by atoms with Crippen LogP contribution in [0, 0.1) is 6.92 Å². The van der Waals surface area contributed by atoms with E-state index in [2.05, 4.69) is 15.3 Å². The number of halogens is 4. The maximum atomic E-state index is 12.4. The van der Waals surface area contributed by atoms with E-state index in [1.54, 1.807) is 0 Å². The lowest BCUT2D eigenvalue weighted by atomic mass is 10.2. The van der Waals surface area contributed by atoms with Gasteiger partial charge in [-0.05, 0) is 24.6 Å². The molecule has 1 aromatic heterocycles. The van der Waals surface area contributed by atoms with Gasteiger partial charge in [0.15, 0.2) is 5.96 Å². The summed E-state index contributed by atoms with van der Waals surface area (Å²) in [5.74, 6) is 0.318. The van der Waals surface area contributed by atoms with E-state index in [0.717, 1.165) is 15.8 Å². The quantitative estimate of drug-likeness (QED) is 0.437. The van der Waals surface area contributed by atoms with Crippen molar-refractivity contribution in [1.82, 2.24) is 9.55 Å². The molecule has 0 radical (unpaired) electrons. The molecular weight excluding hydrogens is 422 g/mol. The predicted octanol–water partition coefficient (Wildman–Crippen LogP) is 3.30. The van der Waals surface area contributed by atoms with Gasteiger partial charge in [-0.15, -0.1) is 24.0 Å². The summed E-state index contributed by atoms with van der Waals surface area (Å²) in [5, 5.41) is 2.88. The molecule has 9 heteroatoms. The third kappa shape index (κ3) is 6.47. The van der Waals surface area contributed by atoms with Gasteiger partial charge >= 0.3 is 6.18 Å². The van der Waals surface area contributed by atoms with Gasteiger partial charge in [-0.25, -0.2) is 9.98 Å². The molecule has 2 rings (SSSR count). The monoisotopic (exact) mass is 439 g/mol. The van der Waals surface area contributed by atoms with Crippen LogP contribution in [-0.2, 0) is 13.1 Å². The number of hydrogen-bond acceptors (Lipinski definition) is 2. The van der Waals surface area contributed by atoms with Crippen LogP contribution in [-0.4, -0.2) is 21.7 Å². The SMILES string of the molecule is Cc1cccc(NC(N)=NCc2nccn2CC(F)(F)F)c1.I. The van der Waals surface area contributed by atoms with Crippen LogP contribution < -0.4 is 11.1 Å². The first-order chi connectivity index (χ1) is 10.3. The van der Waals surface area contributed by atoms with Crippen molar-refractivity contribution in [3.8, 4) is 0 Å². The smallest absolute Gasteiger partial charge is 0.370 e. The van der Waals surface area contributed by atoms with E-state index in [1.165, 1.54) is 12.4 Å². The average Bonchev–Trinajstić information content (AvgIpc) is 2.81. The summed E-state index contributed by atoms with van der Waals surface area (Å²) in [4.78, 5) is 7.88. The summed E-state index contributed by atoms with van der Waals surface area (Å²) >= 11 is 0. The molecule has 1 heterocycles. The Bertz CT molecular complexity index is 666. The first kappa shape index (κ1) is 19.3. The summed E-state index contributed by atoms with van der Waals surface area (Å²) in [6.45, 7) is 0.809. The fourth-order valence-corrected chi connectivity index (χ4v) is 1.89. The highest BCUT2D eigenvalue weighted by Gasteiger charge is 2.28. The van der Waals surface area contributed by atoms with E-state index < -0.39 is 12.7 Å². The molecule has 0 amide bonds. The van der Waals surface area contributed by atoms with Crippen molar-refractivity contribution in [3.63, 3.8) is 0 Å². The van der Waals surface area contributed by atoms with Crippen LogP contribution in [0.25, 0.3) is 0 Å². The minimum Gasteiger partial charge on any atom is -0.370 e. The van der Waals surface area contributed by atoms with E-state index in [1.807, 2.05) is 31.2 Å². The van der Waals surface area contributed by atoms with E-state index >= 15 is 0 Å². The van der Waals surface area contributed by atoms with Gasteiger partial charge in [0.05, 0.1) is 0 Å². The van der Waals surface area contributed by atoms with Gasteiger partial charge in [-0.3, -0.25) is 0 Å². The summed E-state index contributed by atoms with van der Waals surface area (Å²) in [7, 11) is 0. The van der Waals surface area contributed by atoms with Crippen molar-refractivity contribution in [2.75, 3.05) is 5.32 Å². The molecule has 0 aliphatic heterocycles. The Morgan fingerprint density at radius 2 is 2.13 bits per heavy atom. The molecule has 0 bridgehead atoms. The zero-order chi connectivity index (χ0) is 16.2. The number of aryl methyl sites for hydroxylation is 1. The molecule has 5 nitrogen and oxygen atoms in total. The van der Waals surface area contributed by atoms with Gasteiger partial charge in [-0.1, -0.05) is 12.1 Å². The second kappa shape index (κ2) is 8.18. The molecule has 23 heavy (non-hydrogen) atoms. The van der Waals surface area contributed by atoms with Crippen molar-refractivity contribution in [2.24, 2.45) is 10.7 Å². The van der Waals surface area contributed by atoms with Crippen LogP contribution in [0.5, 0.6) is 0 Å². The molecule has 3 N–H and O–H groups in total. The summed E-state index contributed by atoms with van der Waals surface area (Å²) in [5.41, 5.74) is 7.55. The van der Waals surface area contributed by atoms with E-state index in [9.17, 15) is 13.2 Å². The number of anilines is 1. The first-order valence-corrected chi connectivity index (χ1v) is 6.54. The van der Waals surface area contributed by atoms with Crippen LogP contribution in [0.4, 0.5) is 18.9 Å². The van der Waals surface area contributed by atoms with Crippen LogP contribution >= 0.6 is 24.0 Å². The van der Waals surface area contributed by atoms with Gasteiger partial charge in [0.2, 0.25) is 0 Å². The van der Waals surface area contributed by atoms with Crippen LogP contribution in [0.15, 0.2) is 41.7 Å². The third-order valence-corrected chi connectivity index (χ3v) is 2.83. The lowest BCUT2D eigenvalue weighted by molar-refractivity contribution is -0.141. The largest absolute Gasteiger partial charge is 0.406 e. The molecule has 0 saturated heterocycles. The lowest BCUT2D eigenvalue weighted by Crippen LogP contribution is -2.23. The number of guanidine groups is 1. The van der Waals surface area contributed by atoms with Crippen molar-refractivity contribution < 1.29 is 13.2 Å². The number of imidazole rings is 1. The Morgan fingerprint density at radius 1 is 1.39 bits per heavy atom. The van der Waals surface area contributed by atoms with Crippen molar-refractivity contribution in [1.29, 1.82) is 0 Å². The highest BCUT2D eigenvalue weighted by Crippen LogP contribution is 2.18. The summed E-state index contributed by atoms with van der Waals surface area (Å²) in [6.07, 6.45) is -1.73. The predicted molar refractivity (Wildman–Crippen MR) is 93.8 cm³/mol. The molecule has 1 aromatic carbocycles. The highest BCUT2D eigenvalue weighted by atomic mass is 127. The Kier molecular flexibility index (Phi) is 6.85. The zero-order valence-electron chi connectivity index (χ0n) is 12.3. The van der Waals surface area contributed by atoms with Crippen molar-refractivity contribution >= 4 is 35.6 Å². The lowest BCUT2D eigenvalue weighted by Gasteiger charge is -2.10. The number of aromatic nitrogens is 2. The Balaban J connectivity index is 0.00000264. The molecule has 0 spiro atoms. The summed E-state index contributed by atoms with van der Waals surface area (Å²) < 4.78 is 38.2. The molecule has 0 aliphatic carbocycles. The number of nitrogens with zero attached hydrogens (tertiary/aromatic N) is 3. The molecule has 0 fully saturated rings. The zero-order valence-corrected chi connectivity index (χ0v) is 14.7. The maximum Gasteiger partial charge on any atom is 0.406 e. The Morgan fingerprint density at radius 3 is 2.78 bits per heavy atom. The van der Waals surface area contributed by atoms with Gasteiger partial charge in [-0.2, -0.15) is 13.2 Å². The Labute approximate surface area is 148 Å². The molecule has 2 aromatic rings. The normalized spacial score (nSPS) is 11.9. The summed E-state index contributed by atoms with van der Waals surface area (Å²) in [6, 6.07) is 7.50. The standard InChI is InChI=1S/C14H16F3N5.HI/c1-10-3-2-4-11(7-10)21-13(18)20-8-12-19-5-6-22(12)9-14(15,16)17;/h2-7H,8-9H2,1H3,(H3,18,20,21);1H. The first-order valence-electron chi connectivity index (χ1n) is 6.54. The average molecular weight is 439 g/mol. The number of nitrogens with two attached hydrogens (primary N) is 1. The number of hydrogen-bond donors (Lipinski definition) is 2. The fourth-order valence-electron chi connectivity index (χ4n) is 1.89. The number of benzene rings is 1. The van der Waals surface area contributed by atoms with Gasteiger partial charge in [0.25, 0.3) is 0 Å². The van der Waals surface area contributed by atoms with E-state index in [0.29, 0.717) is 0 Å². The fraction of sp³-hybridized carbons (Fsp3) is 0.286. The molecule has 126 valence electrons. The second-order valence-corrected chi connectivity index (χ2v) is 4.78. The minimum absolute atomic E-state index is 0. The van der Waals surface area contributed by atoms with Crippen LogP contribution in [0.2, 0.25) is 0 Å². The van der Waals surface area contributed by atoms with Gasteiger partial charge < -0.3 is 15.6 Å². The second-order valence-electron chi connectivity index (χ2n) is 4.78. The topological polar surface area (TPSA) is 68.2 Å². The number of aliphatic imine (C=N–C) groups is 1. The number of rotatable bonds is 4. The number of nitrogens with one attached hydrogen (secondary N) is 1. The molecule has 0 aliphatic rings. The van der Waals surface area contributed by atoms with E-state index in [4.69, 9.17) is 5.73 Å². The van der Waals surface area contributed by atoms with Gasteiger partial charge in [0.1, 0.15) is 18.9 Å². The maximum absolute atomic E-state index is 12.4. The van der Waals surface area contributed by atoms with Crippen LogP contribution in [0.3, 0.4) is 0 Å². The van der Waals surface area contributed by atoms with Crippen molar-refractivity contribution in [2.45, 2.75) is 26.2 Å². The Hall–Kier alpha value is -1.78. The van der Waals surface area contributed by atoms with Crippen molar-refractivity contribution in [3.05, 3.63) is 48.0 Å². The molecule has 0 unspecified atom stereocenters. The minimum atomic E-state index is -4.30. The molecule has 0 saturated carbocycles. The highest BCUT2D eigenvalue weighted by molar-refractivity contribution is 14.0. The van der Waals surface area contributed by atoms with Gasteiger partial charge in [0, 0.05) is 18.1 Å². The molecule has 0 atom stereocenters. The third-order valence-electron chi connectivity index (χ3n) is 2.83. The van der Waals surface area contributed by atoms with E-state index in [-0.39, 0.29) is 42.3 Å².